The highest BCUT2D eigenvalue weighted by atomic mass is 35.5. The standard InChI is InChI=1S/C20H18ClN7O4/c1-2-31-15-8-11(7-12(21)18(15)30)9-23-25-16(29)10-28-14-6-4-3-5-13(14)24-20(28)17-19(22)27-32-26-17/h3-9,30H,2,10H2,1H3,(H2,22,27)(H,25,29). The van der Waals surface area contributed by atoms with Crippen molar-refractivity contribution in [3.63, 3.8) is 0 Å². The molecule has 1 amide bonds. The fraction of sp³-hybridized carbons (Fsp3) is 0.150. The number of fused-ring (bicyclic) bond motifs is 1. The van der Waals surface area contributed by atoms with E-state index in [-0.39, 0.29) is 34.6 Å². The van der Waals surface area contributed by atoms with Crippen LogP contribution in [0.2, 0.25) is 5.02 Å². The Bertz CT molecular complexity index is 1310. The minimum Gasteiger partial charge on any atom is -0.503 e. The van der Waals surface area contributed by atoms with Gasteiger partial charge in [-0.1, -0.05) is 23.7 Å². The summed E-state index contributed by atoms with van der Waals surface area (Å²) in [7, 11) is 0. The molecule has 0 aliphatic carbocycles. The zero-order valence-corrected chi connectivity index (χ0v) is 17.6. The summed E-state index contributed by atoms with van der Waals surface area (Å²) in [4.78, 5) is 17.1. The molecule has 4 aromatic rings. The Morgan fingerprint density at radius 1 is 1.38 bits per heavy atom. The number of carbonyl (C=O) groups is 1. The third-order valence-corrected chi connectivity index (χ3v) is 4.72. The highest BCUT2D eigenvalue weighted by molar-refractivity contribution is 6.32. The van der Waals surface area contributed by atoms with E-state index in [1.165, 1.54) is 12.3 Å². The van der Waals surface area contributed by atoms with Crippen LogP contribution in [0.25, 0.3) is 22.6 Å². The van der Waals surface area contributed by atoms with Crippen molar-refractivity contribution in [1.29, 1.82) is 0 Å². The molecule has 4 rings (SSSR count). The van der Waals surface area contributed by atoms with Crippen molar-refractivity contribution in [3.05, 3.63) is 47.0 Å². The largest absolute Gasteiger partial charge is 0.503 e. The quantitative estimate of drug-likeness (QED) is 0.284. The number of nitrogens with zero attached hydrogens (tertiary/aromatic N) is 5. The molecule has 0 fully saturated rings. The second kappa shape index (κ2) is 8.94. The number of phenolic OH excluding ortho intramolecular Hbond substituents is 1. The normalized spacial score (nSPS) is 11.3. The first-order valence-corrected chi connectivity index (χ1v) is 9.86. The lowest BCUT2D eigenvalue weighted by molar-refractivity contribution is -0.121. The molecular weight excluding hydrogens is 438 g/mol. The molecule has 2 heterocycles. The number of amides is 1. The molecule has 0 radical (unpaired) electrons. The predicted molar refractivity (Wildman–Crippen MR) is 117 cm³/mol. The first-order valence-electron chi connectivity index (χ1n) is 9.48. The Kier molecular flexibility index (Phi) is 5.90. The number of aromatic nitrogens is 4. The highest BCUT2D eigenvalue weighted by Gasteiger charge is 2.20. The molecule has 2 aromatic carbocycles. The van der Waals surface area contributed by atoms with E-state index in [0.29, 0.717) is 29.0 Å². The summed E-state index contributed by atoms with van der Waals surface area (Å²) in [5, 5.41) is 21.3. The van der Waals surface area contributed by atoms with E-state index >= 15 is 0 Å². The van der Waals surface area contributed by atoms with E-state index in [1.54, 1.807) is 23.6 Å². The van der Waals surface area contributed by atoms with Gasteiger partial charge in [0.1, 0.15) is 6.54 Å². The molecule has 0 saturated heterocycles. The van der Waals surface area contributed by atoms with Crippen LogP contribution in [-0.2, 0) is 11.3 Å². The van der Waals surface area contributed by atoms with Crippen LogP contribution in [0, 0.1) is 0 Å². The van der Waals surface area contributed by atoms with Crippen molar-refractivity contribution in [3.8, 4) is 23.0 Å². The monoisotopic (exact) mass is 455 g/mol. The Labute approximate surface area is 186 Å². The Balaban J connectivity index is 1.55. The topological polar surface area (TPSA) is 154 Å². The number of benzene rings is 2. The second-order valence-electron chi connectivity index (χ2n) is 6.58. The number of aromatic hydroxyl groups is 1. The molecule has 4 N–H and O–H groups in total. The fourth-order valence-corrected chi connectivity index (χ4v) is 3.28. The molecule has 32 heavy (non-hydrogen) atoms. The van der Waals surface area contributed by atoms with Crippen LogP contribution in [0.1, 0.15) is 12.5 Å². The number of hydrogen-bond acceptors (Lipinski definition) is 9. The van der Waals surface area contributed by atoms with Gasteiger partial charge < -0.3 is 20.1 Å². The number of nitrogens with two attached hydrogens (primary N) is 1. The van der Waals surface area contributed by atoms with Gasteiger partial charge in [-0.15, -0.1) is 0 Å². The van der Waals surface area contributed by atoms with Crippen LogP contribution in [0.5, 0.6) is 11.5 Å². The summed E-state index contributed by atoms with van der Waals surface area (Å²) in [5.41, 5.74) is 10.4. The lowest BCUT2D eigenvalue weighted by Gasteiger charge is -2.08. The molecule has 0 spiro atoms. The molecule has 0 saturated carbocycles. The Hall–Kier alpha value is -4.12. The van der Waals surface area contributed by atoms with Crippen molar-refractivity contribution in [2.75, 3.05) is 12.3 Å². The minimum atomic E-state index is -0.421. The summed E-state index contributed by atoms with van der Waals surface area (Å²) < 4.78 is 11.6. The zero-order valence-electron chi connectivity index (χ0n) is 16.8. The van der Waals surface area contributed by atoms with Gasteiger partial charge >= 0.3 is 0 Å². The Morgan fingerprint density at radius 3 is 2.94 bits per heavy atom. The summed E-state index contributed by atoms with van der Waals surface area (Å²) in [6.07, 6.45) is 1.39. The highest BCUT2D eigenvalue weighted by Crippen LogP contribution is 2.34. The van der Waals surface area contributed by atoms with Crippen molar-refractivity contribution in [1.82, 2.24) is 25.3 Å². The van der Waals surface area contributed by atoms with E-state index in [9.17, 15) is 9.90 Å². The van der Waals surface area contributed by atoms with Gasteiger partial charge in [0.2, 0.25) is 0 Å². The number of nitrogen functional groups attached to an aromatic ring is 1. The predicted octanol–water partition coefficient (Wildman–Crippen LogP) is 2.58. The third-order valence-electron chi connectivity index (χ3n) is 4.44. The maximum Gasteiger partial charge on any atom is 0.260 e. The number of halogens is 1. The van der Waals surface area contributed by atoms with Crippen LogP contribution in [-0.4, -0.2) is 43.7 Å². The molecule has 2 aromatic heterocycles. The number of anilines is 1. The number of carbonyl (C=O) groups excluding carboxylic acids is 1. The third kappa shape index (κ3) is 4.18. The van der Waals surface area contributed by atoms with Crippen molar-refractivity contribution in [2.24, 2.45) is 5.10 Å². The smallest absolute Gasteiger partial charge is 0.260 e. The Morgan fingerprint density at radius 2 is 2.19 bits per heavy atom. The number of phenols is 1. The van der Waals surface area contributed by atoms with E-state index in [4.69, 9.17) is 22.1 Å². The van der Waals surface area contributed by atoms with Crippen LogP contribution in [0.3, 0.4) is 0 Å². The number of nitrogens with one attached hydrogen (secondary N) is 1. The van der Waals surface area contributed by atoms with E-state index in [2.05, 4.69) is 30.5 Å². The average Bonchev–Trinajstić information content (AvgIpc) is 3.35. The lowest BCUT2D eigenvalue weighted by atomic mass is 10.2. The maximum absolute atomic E-state index is 12.6. The molecule has 12 heteroatoms. The number of rotatable bonds is 7. The van der Waals surface area contributed by atoms with Crippen LogP contribution >= 0.6 is 11.6 Å². The first-order chi connectivity index (χ1) is 15.5. The average molecular weight is 456 g/mol. The van der Waals surface area contributed by atoms with E-state index in [0.717, 1.165) is 0 Å². The first kappa shape index (κ1) is 21.1. The van der Waals surface area contributed by atoms with Gasteiger partial charge in [0.15, 0.2) is 28.8 Å². The fourth-order valence-electron chi connectivity index (χ4n) is 3.06. The number of ether oxygens (including phenoxy) is 1. The van der Waals surface area contributed by atoms with Gasteiger partial charge in [-0.25, -0.2) is 15.0 Å². The summed E-state index contributed by atoms with van der Waals surface area (Å²) in [6, 6.07) is 10.3. The van der Waals surface area contributed by atoms with Gasteiger partial charge in [-0.05, 0) is 47.1 Å². The van der Waals surface area contributed by atoms with Gasteiger partial charge in [-0.2, -0.15) is 5.10 Å². The van der Waals surface area contributed by atoms with E-state index in [1.807, 2.05) is 18.2 Å². The van der Waals surface area contributed by atoms with E-state index < -0.39 is 5.91 Å². The van der Waals surface area contributed by atoms with Crippen molar-refractivity contribution < 1.29 is 19.3 Å². The second-order valence-corrected chi connectivity index (χ2v) is 6.99. The summed E-state index contributed by atoms with van der Waals surface area (Å²) >= 11 is 6.01. The van der Waals surface area contributed by atoms with Gasteiger partial charge in [0.05, 0.1) is 28.9 Å². The van der Waals surface area contributed by atoms with Gasteiger partial charge in [0.25, 0.3) is 5.91 Å². The minimum absolute atomic E-state index is 0.0642. The molecule has 0 unspecified atom stereocenters. The van der Waals surface area contributed by atoms with Crippen molar-refractivity contribution >= 4 is 40.6 Å². The molecular formula is C20H18ClN7O4. The van der Waals surface area contributed by atoms with Gasteiger partial charge in [-0.3, -0.25) is 4.79 Å². The molecule has 0 atom stereocenters. The van der Waals surface area contributed by atoms with Crippen LogP contribution < -0.4 is 15.9 Å². The summed E-state index contributed by atoms with van der Waals surface area (Å²) in [6.45, 7) is 2.03. The number of para-hydroxylation sites is 2. The van der Waals surface area contributed by atoms with Crippen LogP contribution in [0.15, 0.2) is 46.1 Å². The SMILES string of the molecule is CCOc1cc(C=NNC(=O)Cn2c(-c3nonc3N)nc3ccccc32)cc(Cl)c1O. The molecule has 0 bridgehead atoms. The number of hydrogen-bond donors (Lipinski definition) is 3. The van der Waals surface area contributed by atoms with Crippen molar-refractivity contribution in [2.45, 2.75) is 13.5 Å². The number of imidazole rings is 1. The van der Waals surface area contributed by atoms with Crippen LogP contribution in [0.4, 0.5) is 5.82 Å². The summed E-state index contributed by atoms with van der Waals surface area (Å²) in [5.74, 6) is 0.0533. The lowest BCUT2D eigenvalue weighted by Crippen LogP contribution is -2.23. The molecule has 0 aliphatic heterocycles. The molecule has 0 aliphatic rings. The number of hydrazone groups is 1. The van der Waals surface area contributed by atoms with Gasteiger partial charge in [0, 0.05) is 0 Å². The molecule has 164 valence electrons. The molecule has 11 nitrogen and oxygen atoms in total. The zero-order chi connectivity index (χ0) is 22.7. The maximum atomic E-state index is 12.6.